The summed E-state index contributed by atoms with van der Waals surface area (Å²) in [7, 11) is 0. The van der Waals surface area contributed by atoms with Crippen molar-refractivity contribution in [2.75, 3.05) is 13.1 Å². The van der Waals surface area contributed by atoms with Crippen LogP contribution in [0.25, 0.3) is 5.65 Å². The van der Waals surface area contributed by atoms with E-state index in [-0.39, 0.29) is 11.9 Å². The number of thiazole rings is 1. The molecule has 3 rings (SSSR count). The van der Waals surface area contributed by atoms with E-state index in [4.69, 9.17) is 0 Å². The molecule has 3 aromatic rings. The van der Waals surface area contributed by atoms with Crippen LogP contribution in [-0.4, -0.2) is 43.5 Å². The van der Waals surface area contributed by atoms with Crippen molar-refractivity contribution in [3.63, 3.8) is 0 Å². The molecule has 0 saturated carbocycles. The SMILES string of the molecule is CCN(CC)Cc1cnc2c(C(=O)N[C@H](C)c3csc(C)n3)cnn2c1. The predicted octanol–water partition coefficient (Wildman–Crippen LogP) is 2.83. The van der Waals surface area contributed by atoms with Gasteiger partial charge in [-0.1, -0.05) is 13.8 Å². The second-order valence-electron chi connectivity index (χ2n) is 6.24. The van der Waals surface area contributed by atoms with Gasteiger partial charge in [0.2, 0.25) is 0 Å². The van der Waals surface area contributed by atoms with Crippen LogP contribution in [0.1, 0.15) is 53.4 Å². The fourth-order valence-electron chi connectivity index (χ4n) is 2.79. The van der Waals surface area contributed by atoms with Crippen LogP contribution in [0.4, 0.5) is 0 Å². The molecule has 0 aliphatic rings. The Kier molecular flexibility index (Phi) is 5.63. The Hall–Kier alpha value is -2.32. The van der Waals surface area contributed by atoms with Gasteiger partial charge < -0.3 is 5.32 Å². The van der Waals surface area contributed by atoms with Gasteiger partial charge in [0.15, 0.2) is 5.65 Å². The second kappa shape index (κ2) is 7.92. The molecule has 0 spiro atoms. The Morgan fingerprint density at radius 1 is 1.35 bits per heavy atom. The van der Waals surface area contributed by atoms with Gasteiger partial charge in [-0.15, -0.1) is 11.3 Å². The van der Waals surface area contributed by atoms with E-state index < -0.39 is 0 Å². The normalized spacial score (nSPS) is 12.7. The third-order valence-electron chi connectivity index (χ3n) is 4.38. The van der Waals surface area contributed by atoms with E-state index in [2.05, 4.69) is 39.1 Å². The van der Waals surface area contributed by atoms with Crippen molar-refractivity contribution < 1.29 is 4.79 Å². The fourth-order valence-corrected chi connectivity index (χ4v) is 3.49. The van der Waals surface area contributed by atoms with E-state index >= 15 is 0 Å². The van der Waals surface area contributed by atoms with E-state index in [9.17, 15) is 4.79 Å². The summed E-state index contributed by atoms with van der Waals surface area (Å²) in [6, 6.07) is -0.163. The number of hydrogen-bond acceptors (Lipinski definition) is 6. The molecule has 7 nitrogen and oxygen atoms in total. The van der Waals surface area contributed by atoms with Crippen LogP contribution in [0.2, 0.25) is 0 Å². The van der Waals surface area contributed by atoms with Crippen molar-refractivity contribution in [3.05, 3.63) is 45.8 Å². The molecular weight excluding hydrogens is 348 g/mol. The van der Waals surface area contributed by atoms with Crippen molar-refractivity contribution in [1.29, 1.82) is 0 Å². The van der Waals surface area contributed by atoms with Crippen LogP contribution >= 0.6 is 11.3 Å². The first-order valence-corrected chi connectivity index (χ1v) is 9.67. The van der Waals surface area contributed by atoms with Gasteiger partial charge in [0.25, 0.3) is 5.91 Å². The van der Waals surface area contributed by atoms with Crippen molar-refractivity contribution in [1.82, 2.24) is 29.8 Å². The van der Waals surface area contributed by atoms with Crippen molar-refractivity contribution in [2.24, 2.45) is 0 Å². The average Bonchev–Trinajstić information content (AvgIpc) is 3.25. The Bertz CT molecular complexity index is 898. The molecule has 1 amide bonds. The van der Waals surface area contributed by atoms with Gasteiger partial charge in [-0.25, -0.2) is 14.5 Å². The lowest BCUT2D eigenvalue weighted by atomic mass is 10.2. The summed E-state index contributed by atoms with van der Waals surface area (Å²) in [5.41, 5.74) is 2.97. The summed E-state index contributed by atoms with van der Waals surface area (Å²) in [6.07, 6.45) is 5.32. The van der Waals surface area contributed by atoms with Gasteiger partial charge in [0, 0.05) is 29.9 Å². The predicted molar refractivity (Wildman–Crippen MR) is 102 cm³/mol. The number of carbonyl (C=O) groups is 1. The molecule has 0 aromatic carbocycles. The molecule has 0 unspecified atom stereocenters. The van der Waals surface area contributed by atoms with E-state index in [0.29, 0.717) is 11.2 Å². The van der Waals surface area contributed by atoms with E-state index in [0.717, 1.165) is 35.9 Å². The average molecular weight is 372 g/mol. The van der Waals surface area contributed by atoms with E-state index in [1.165, 1.54) is 0 Å². The number of carbonyl (C=O) groups excluding carboxylic acids is 1. The molecule has 1 N–H and O–H groups in total. The maximum absolute atomic E-state index is 12.6. The molecule has 3 heterocycles. The minimum Gasteiger partial charge on any atom is -0.344 e. The molecule has 0 fully saturated rings. The molecular formula is C18H24N6OS. The van der Waals surface area contributed by atoms with Crippen LogP contribution < -0.4 is 5.32 Å². The van der Waals surface area contributed by atoms with E-state index in [1.54, 1.807) is 22.0 Å². The minimum absolute atomic E-state index is 0.163. The third kappa shape index (κ3) is 3.91. The van der Waals surface area contributed by atoms with Gasteiger partial charge in [0.05, 0.1) is 22.9 Å². The highest BCUT2D eigenvalue weighted by Crippen LogP contribution is 2.17. The monoisotopic (exact) mass is 372 g/mol. The molecule has 8 heteroatoms. The number of aromatic nitrogens is 4. The molecule has 3 aromatic heterocycles. The molecule has 0 bridgehead atoms. The maximum Gasteiger partial charge on any atom is 0.257 e. The van der Waals surface area contributed by atoms with Gasteiger partial charge in [0.1, 0.15) is 5.56 Å². The number of nitrogens with zero attached hydrogens (tertiary/aromatic N) is 5. The summed E-state index contributed by atoms with van der Waals surface area (Å²) in [6.45, 7) is 10.9. The lowest BCUT2D eigenvalue weighted by Gasteiger charge is -2.17. The number of amides is 1. The van der Waals surface area contributed by atoms with Gasteiger partial charge in [-0.05, 0) is 26.9 Å². The lowest BCUT2D eigenvalue weighted by Crippen LogP contribution is -2.27. The molecule has 0 aliphatic carbocycles. The zero-order valence-corrected chi connectivity index (χ0v) is 16.4. The summed E-state index contributed by atoms with van der Waals surface area (Å²) in [5, 5.41) is 10.2. The Balaban J connectivity index is 1.76. The summed E-state index contributed by atoms with van der Waals surface area (Å²) < 4.78 is 1.67. The summed E-state index contributed by atoms with van der Waals surface area (Å²) >= 11 is 1.57. The quantitative estimate of drug-likeness (QED) is 0.690. The highest BCUT2D eigenvalue weighted by atomic mass is 32.1. The first-order chi connectivity index (χ1) is 12.5. The maximum atomic E-state index is 12.6. The van der Waals surface area contributed by atoms with Gasteiger partial charge in [-0.2, -0.15) is 5.10 Å². The Morgan fingerprint density at radius 2 is 2.12 bits per heavy atom. The number of nitrogens with one attached hydrogen (secondary N) is 1. The summed E-state index contributed by atoms with van der Waals surface area (Å²) in [5.74, 6) is -0.192. The van der Waals surface area contributed by atoms with Gasteiger partial charge >= 0.3 is 0 Å². The second-order valence-corrected chi connectivity index (χ2v) is 7.30. The topological polar surface area (TPSA) is 75.4 Å². The molecule has 138 valence electrons. The fraction of sp³-hybridized carbons (Fsp3) is 0.444. The smallest absolute Gasteiger partial charge is 0.257 e. The Morgan fingerprint density at radius 3 is 2.77 bits per heavy atom. The highest BCUT2D eigenvalue weighted by Gasteiger charge is 2.18. The van der Waals surface area contributed by atoms with Crippen molar-refractivity contribution in [2.45, 2.75) is 40.3 Å². The van der Waals surface area contributed by atoms with Crippen LogP contribution in [0.5, 0.6) is 0 Å². The van der Waals surface area contributed by atoms with E-state index in [1.807, 2.05) is 31.6 Å². The van der Waals surface area contributed by atoms with Gasteiger partial charge in [-0.3, -0.25) is 9.69 Å². The van der Waals surface area contributed by atoms with Crippen molar-refractivity contribution in [3.8, 4) is 0 Å². The lowest BCUT2D eigenvalue weighted by molar-refractivity contribution is 0.0940. The first-order valence-electron chi connectivity index (χ1n) is 8.79. The summed E-state index contributed by atoms with van der Waals surface area (Å²) in [4.78, 5) is 23.8. The molecule has 0 radical (unpaired) electrons. The van der Waals surface area contributed by atoms with Crippen LogP contribution in [0, 0.1) is 6.92 Å². The zero-order chi connectivity index (χ0) is 18.7. The number of rotatable bonds is 7. The number of hydrogen-bond donors (Lipinski definition) is 1. The third-order valence-corrected chi connectivity index (χ3v) is 5.17. The zero-order valence-electron chi connectivity index (χ0n) is 15.6. The largest absolute Gasteiger partial charge is 0.344 e. The van der Waals surface area contributed by atoms with Crippen molar-refractivity contribution >= 4 is 22.9 Å². The van der Waals surface area contributed by atoms with Crippen LogP contribution in [-0.2, 0) is 6.54 Å². The standard InChI is InChI=1S/C18H24N6OS/c1-5-23(6-2)9-14-7-19-17-15(8-20-24(17)10-14)18(25)21-12(3)16-11-26-13(4)22-16/h7-8,10-12H,5-6,9H2,1-4H3,(H,21,25)/t12-/m1/s1. The molecule has 26 heavy (non-hydrogen) atoms. The first kappa shape index (κ1) is 18.5. The number of fused-ring (bicyclic) bond motifs is 1. The molecule has 0 aliphatic heterocycles. The molecule has 1 atom stereocenters. The molecule has 0 saturated heterocycles. The van der Waals surface area contributed by atoms with Crippen LogP contribution in [0.15, 0.2) is 24.0 Å². The Labute approximate surface area is 157 Å². The highest BCUT2D eigenvalue weighted by molar-refractivity contribution is 7.09. The van der Waals surface area contributed by atoms with Crippen LogP contribution in [0.3, 0.4) is 0 Å². The minimum atomic E-state index is -0.192. The number of aryl methyl sites for hydroxylation is 1.